The fraction of sp³-hybridized carbons (Fsp3) is 0.125. The number of hydrogen-bond donors (Lipinski definition) is 2. The fourth-order valence-electron chi connectivity index (χ4n) is 1.04. The van der Waals surface area contributed by atoms with Crippen LogP contribution in [0.4, 0.5) is 5.13 Å². The number of Topliss-reactive ketones (excluding diaryl/α,β-unsaturated/α-hetero) is 1. The molecule has 0 atom stereocenters. The quantitative estimate of drug-likeness (QED) is 0.803. The first-order valence-corrected chi connectivity index (χ1v) is 6.83. The van der Waals surface area contributed by atoms with Gasteiger partial charge in [-0.15, -0.1) is 11.3 Å². The number of anilines is 1. The topological polar surface area (TPSA) is 105 Å². The molecule has 0 aliphatic carbocycles. The molecule has 0 radical (unpaired) electrons. The molecule has 0 aliphatic rings. The summed E-state index contributed by atoms with van der Waals surface area (Å²) in [4.78, 5) is 14.9. The highest BCUT2D eigenvalue weighted by molar-refractivity contribution is 7.93. The summed E-state index contributed by atoms with van der Waals surface area (Å²) in [6.45, 7) is 1.36. The molecule has 2 aromatic rings. The van der Waals surface area contributed by atoms with E-state index in [0.29, 0.717) is 0 Å². The van der Waals surface area contributed by atoms with Crippen LogP contribution in [-0.2, 0) is 10.0 Å². The Morgan fingerprint density at radius 2 is 2.29 bits per heavy atom. The van der Waals surface area contributed by atoms with E-state index in [9.17, 15) is 13.2 Å². The highest BCUT2D eigenvalue weighted by Gasteiger charge is 2.17. The number of thiazole rings is 1. The second kappa shape index (κ2) is 4.26. The van der Waals surface area contributed by atoms with Crippen LogP contribution in [-0.4, -0.2) is 29.4 Å². The van der Waals surface area contributed by atoms with Crippen LogP contribution in [0.2, 0.25) is 0 Å². The van der Waals surface area contributed by atoms with Crippen LogP contribution in [0.25, 0.3) is 0 Å². The maximum Gasteiger partial charge on any atom is 0.266 e. The van der Waals surface area contributed by atoms with Crippen molar-refractivity contribution < 1.29 is 13.2 Å². The summed E-state index contributed by atoms with van der Waals surface area (Å²) >= 11 is 1.05. The number of rotatable bonds is 4. The molecule has 0 bridgehead atoms. The zero-order chi connectivity index (χ0) is 12.5. The Balaban J connectivity index is 2.24. The maximum absolute atomic E-state index is 11.8. The van der Waals surface area contributed by atoms with Crippen LogP contribution < -0.4 is 4.72 Å². The van der Waals surface area contributed by atoms with Crippen LogP contribution >= 0.6 is 11.3 Å². The van der Waals surface area contributed by atoms with E-state index < -0.39 is 10.0 Å². The third-order valence-corrected chi connectivity index (χ3v) is 4.06. The second-order valence-electron chi connectivity index (χ2n) is 3.13. The highest BCUT2D eigenvalue weighted by Crippen LogP contribution is 2.19. The van der Waals surface area contributed by atoms with Crippen molar-refractivity contribution in [1.29, 1.82) is 0 Å². The lowest BCUT2D eigenvalue weighted by atomic mass is 10.4. The maximum atomic E-state index is 11.8. The van der Waals surface area contributed by atoms with E-state index in [1.165, 1.54) is 24.7 Å². The first-order valence-electron chi connectivity index (χ1n) is 4.47. The zero-order valence-corrected chi connectivity index (χ0v) is 10.3. The van der Waals surface area contributed by atoms with Gasteiger partial charge in [0.25, 0.3) is 10.0 Å². The zero-order valence-electron chi connectivity index (χ0n) is 8.67. The minimum Gasteiger partial charge on any atom is -0.293 e. The molecule has 0 amide bonds. The Hall–Kier alpha value is -1.74. The van der Waals surface area contributed by atoms with Crippen molar-refractivity contribution >= 4 is 32.3 Å². The van der Waals surface area contributed by atoms with Gasteiger partial charge in [-0.25, -0.2) is 13.4 Å². The Labute approximate surface area is 101 Å². The number of nitrogens with one attached hydrogen (secondary N) is 2. The number of aromatic nitrogens is 3. The monoisotopic (exact) mass is 272 g/mol. The van der Waals surface area contributed by atoms with Crippen LogP contribution in [0.15, 0.2) is 22.7 Å². The van der Waals surface area contributed by atoms with Crippen LogP contribution in [0, 0.1) is 0 Å². The Morgan fingerprint density at radius 3 is 2.82 bits per heavy atom. The summed E-state index contributed by atoms with van der Waals surface area (Å²) in [5.74, 6) is -0.213. The molecule has 2 N–H and O–H groups in total. The number of sulfonamides is 1. The molecule has 0 unspecified atom stereocenters. The summed E-state index contributed by atoms with van der Waals surface area (Å²) in [6, 6.07) is 0. The van der Waals surface area contributed by atoms with Crippen molar-refractivity contribution in [2.75, 3.05) is 4.72 Å². The van der Waals surface area contributed by atoms with Gasteiger partial charge in [-0.1, -0.05) is 0 Å². The SMILES string of the molecule is CC(=O)c1csc(NS(=O)(=O)c2cn[nH]c2)n1. The first kappa shape index (κ1) is 11.7. The molecule has 7 nitrogen and oxygen atoms in total. The third-order valence-electron chi connectivity index (χ3n) is 1.87. The van der Waals surface area contributed by atoms with Gasteiger partial charge < -0.3 is 0 Å². The summed E-state index contributed by atoms with van der Waals surface area (Å²) in [5.41, 5.74) is 0.236. The van der Waals surface area contributed by atoms with Gasteiger partial charge in [-0.2, -0.15) is 5.10 Å². The minimum atomic E-state index is -3.69. The largest absolute Gasteiger partial charge is 0.293 e. The highest BCUT2D eigenvalue weighted by atomic mass is 32.2. The van der Waals surface area contributed by atoms with E-state index in [2.05, 4.69) is 19.9 Å². The van der Waals surface area contributed by atoms with Gasteiger partial charge >= 0.3 is 0 Å². The number of nitrogens with zero attached hydrogens (tertiary/aromatic N) is 2. The average molecular weight is 272 g/mol. The lowest BCUT2D eigenvalue weighted by Crippen LogP contribution is -2.12. The number of ketones is 1. The van der Waals surface area contributed by atoms with Gasteiger partial charge in [0, 0.05) is 18.5 Å². The van der Waals surface area contributed by atoms with Gasteiger partial charge in [0.2, 0.25) is 0 Å². The van der Waals surface area contributed by atoms with Gasteiger partial charge in [-0.05, 0) is 0 Å². The molecule has 2 rings (SSSR count). The molecule has 0 aromatic carbocycles. The van der Waals surface area contributed by atoms with E-state index in [4.69, 9.17) is 0 Å². The van der Waals surface area contributed by atoms with Crippen molar-refractivity contribution in [1.82, 2.24) is 15.2 Å². The molecule has 0 fully saturated rings. The predicted octanol–water partition coefficient (Wildman–Crippen LogP) is 0.870. The summed E-state index contributed by atoms with van der Waals surface area (Å²) in [5, 5.41) is 7.60. The van der Waals surface area contributed by atoms with Crippen molar-refractivity contribution in [2.45, 2.75) is 11.8 Å². The lowest BCUT2D eigenvalue weighted by molar-refractivity contribution is 0.101. The first-order chi connectivity index (χ1) is 7.99. The van der Waals surface area contributed by atoms with Crippen LogP contribution in [0.5, 0.6) is 0 Å². The molecule has 0 saturated carbocycles. The summed E-state index contributed by atoms with van der Waals surface area (Å²) < 4.78 is 25.8. The number of aromatic amines is 1. The second-order valence-corrected chi connectivity index (χ2v) is 5.67. The van der Waals surface area contributed by atoms with Gasteiger partial charge in [0.15, 0.2) is 10.9 Å². The van der Waals surface area contributed by atoms with E-state index in [-0.39, 0.29) is 21.5 Å². The third kappa shape index (κ3) is 2.50. The molecular formula is C8H8N4O3S2. The number of hydrogen-bond acceptors (Lipinski definition) is 6. The van der Waals surface area contributed by atoms with Gasteiger partial charge in [-0.3, -0.25) is 14.6 Å². The fourth-order valence-corrected chi connectivity index (χ4v) is 2.95. The van der Waals surface area contributed by atoms with Gasteiger partial charge in [0.05, 0.1) is 6.20 Å². The molecule has 9 heteroatoms. The minimum absolute atomic E-state index is 0.0112. The predicted molar refractivity (Wildman–Crippen MR) is 61.5 cm³/mol. The average Bonchev–Trinajstić information content (AvgIpc) is 2.85. The Bertz CT molecular complexity index is 630. The molecule has 0 spiro atoms. The van der Waals surface area contributed by atoms with Gasteiger partial charge in [0.1, 0.15) is 10.6 Å². The van der Waals surface area contributed by atoms with Crippen molar-refractivity contribution in [3.05, 3.63) is 23.5 Å². The Morgan fingerprint density at radius 1 is 1.53 bits per heavy atom. The lowest BCUT2D eigenvalue weighted by Gasteiger charge is -2.00. The van der Waals surface area contributed by atoms with Crippen molar-refractivity contribution in [2.24, 2.45) is 0 Å². The number of H-pyrrole nitrogens is 1. The normalized spacial score (nSPS) is 11.4. The summed E-state index contributed by atoms with van der Waals surface area (Å²) in [7, 11) is -3.69. The molecule has 2 aromatic heterocycles. The van der Waals surface area contributed by atoms with E-state index in [0.717, 1.165) is 11.3 Å². The number of carbonyl (C=O) groups is 1. The van der Waals surface area contributed by atoms with Crippen LogP contribution in [0.1, 0.15) is 17.4 Å². The number of carbonyl (C=O) groups excluding carboxylic acids is 1. The van der Waals surface area contributed by atoms with E-state index >= 15 is 0 Å². The molecule has 17 heavy (non-hydrogen) atoms. The van der Waals surface area contributed by atoms with Crippen molar-refractivity contribution in [3.63, 3.8) is 0 Å². The van der Waals surface area contributed by atoms with E-state index in [1.54, 1.807) is 0 Å². The van der Waals surface area contributed by atoms with E-state index in [1.807, 2.05) is 0 Å². The van der Waals surface area contributed by atoms with Crippen LogP contribution in [0.3, 0.4) is 0 Å². The molecular weight excluding hydrogens is 264 g/mol. The smallest absolute Gasteiger partial charge is 0.266 e. The summed E-state index contributed by atoms with van der Waals surface area (Å²) in [6.07, 6.45) is 2.43. The molecule has 0 aliphatic heterocycles. The Kier molecular flexibility index (Phi) is 2.94. The molecule has 90 valence electrons. The standard InChI is InChI=1S/C8H8N4O3S2/c1-5(13)7-4-16-8(11-7)12-17(14,15)6-2-9-10-3-6/h2-4H,1H3,(H,9,10)(H,11,12). The van der Waals surface area contributed by atoms with Crippen molar-refractivity contribution in [3.8, 4) is 0 Å². The molecule has 2 heterocycles. The molecule has 0 saturated heterocycles.